The summed E-state index contributed by atoms with van der Waals surface area (Å²) < 4.78 is 63.6. The van der Waals surface area contributed by atoms with E-state index in [0.29, 0.717) is 25.7 Å². The maximum atomic E-state index is 12.5. The van der Waals surface area contributed by atoms with Gasteiger partial charge in [-0.2, -0.15) is 0 Å². The number of hydrogen-bond acceptors (Lipinski definition) is 7. The second kappa shape index (κ2) is 11.4. The van der Waals surface area contributed by atoms with Gasteiger partial charge in [-0.05, 0) is 97.7 Å². The summed E-state index contributed by atoms with van der Waals surface area (Å²) in [6, 6.07) is 0. The zero-order chi connectivity index (χ0) is 29.3. The second-order valence-electron chi connectivity index (χ2n) is 12.3. The maximum Gasteiger partial charge on any atom is 1.00 e. The van der Waals surface area contributed by atoms with Gasteiger partial charge in [0.15, 0.2) is 0 Å². The third-order valence-corrected chi connectivity index (χ3v) is 11.1. The van der Waals surface area contributed by atoms with Crippen molar-refractivity contribution in [2.45, 2.75) is 96.9 Å². The van der Waals surface area contributed by atoms with E-state index in [-0.39, 0.29) is 83.0 Å². The molecule has 10 heteroatoms. The van der Waals surface area contributed by atoms with Crippen molar-refractivity contribution in [1.29, 1.82) is 0 Å². The van der Waals surface area contributed by atoms with Crippen molar-refractivity contribution < 1.29 is 68.1 Å². The Bertz CT molecular complexity index is 1070. The van der Waals surface area contributed by atoms with Crippen LogP contribution in [-0.4, -0.2) is 64.7 Å². The van der Waals surface area contributed by atoms with Crippen LogP contribution in [0.3, 0.4) is 0 Å². The molecule has 36 heavy (non-hydrogen) atoms. The molecule has 8 nitrogen and oxygen atoms in total. The quantitative estimate of drug-likeness (QED) is 0.240. The minimum Gasteiger partial charge on any atom is -0.748 e. The maximum absolute atomic E-state index is 12.5. The van der Waals surface area contributed by atoms with Crippen molar-refractivity contribution >= 4 is 16.0 Å². The molecule has 0 aromatic carbocycles. The number of carbonyl (C=O) groups excluding carboxylic acids is 1. The largest absolute Gasteiger partial charge is 1.00 e. The summed E-state index contributed by atoms with van der Waals surface area (Å²) in [6.07, 6.45) is 3.91. The molecule has 4 rings (SSSR count). The van der Waals surface area contributed by atoms with Crippen LogP contribution in [0.4, 0.5) is 0 Å². The first-order valence-electron chi connectivity index (χ1n) is 15.1. The monoisotopic (exact) mass is 541 g/mol. The molecule has 4 aliphatic rings. The summed E-state index contributed by atoms with van der Waals surface area (Å²) in [5.74, 6) is -0.355. The molecule has 0 spiro atoms. The molecule has 4 saturated carbocycles. The second-order valence-corrected chi connectivity index (χ2v) is 13.4. The van der Waals surface area contributed by atoms with E-state index in [1.165, 1.54) is 0 Å². The van der Waals surface area contributed by atoms with Crippen molar-refractivity contribution in [2.75, 3.05) is 12.2 Å². The fourth-order valence-electron chi connectivity index (χ4n) is 8.91. The summed E-state index contributed by atoms with van der Waals surface area (Å²) >= 11 is 0. The predicted molar refractivity (Wildman–Crippen MR) is 130 cm³/mol. The Balaban J connectivity index is 0.00000441. The summed E-state index contributed by atoms with van der Waals surface area (Å²) in [7, 11) is -5.67. The molecule has 4 fully saturated rings. The number of aliphatic hydroxyl groups excluding tert-OH is 3. The van der Waals surface area contributed by atoms with E-state index in [4.69, 9.17) is 5.48 Å². The molecule has 4 aliphatic carbocycles. The van der Waals surface area contributed by atoms with E-state index < -0.39 is 45.9 Å². The Morgan fingerprint density at radius 2 is 1.83 bits per heavy atom. The van der Waals surface area contributed by atoms with Crippen molar-refractivity contribution in [1.82, 2.24) is 5.32 Å². The van der Waals surface area contributed by atoms with Gasteiger partial charge in [0.1, 0.15) is 0 Å². The van der Waals surface area contributed by atoms with Crippen LogP contribution in [0.15, 0.2) is 0 Å². The number of carbonyl (C=O) groups is 1. The van der Waals surface area contributed by atoms with Gasteiger partial charge in [-0.25, -0.2) is 8.42 Å². The molecule has 0 heterocycles. The van der Waals surface area contributed by atoms with Crippen LogP contribution in [0.25, 0.3) is 0 Å². The van der Waals surface area contributed by atoms with E-state index in [0.717, 1.165) is 25.7 Å². The molecule has 7 unspecified atom stereocenters. The van der Waals surface area contributed by atoms with E-state index in [2.05, 4.69) is 13.8 Å². The third kappa shape index (κ3) is 5.74. The molecule has 0 saturated heterocycles. The first-order valence-corrected chi connectivity index (χ1v) is 14.5. The Hall–Kier alpha value is 0.260. The molecular weight excluding hydrogens is 493 g/mol. The van der Waals surface area contributed by atoms with Crippen molar-refractivity contribution in [3.8, 4) is 0 Å². The van der Waals surface area contributed by atoms with E-state index >= 15 is 0 Å². The molecule has 0 aliphatic heterocycles. The zero-order valence-electron chi connectivity index (χ0n) is 25.9. The average molecular weight is 542 g/mol. The standard InChI is InChI=1S/C26H45NO7S.Na/c1-15(4-7-23(31)27-10-11-35(32,33)34)18-5-6-19-24-20(14-22(30)26(18,19)3)25(2)9-8-17(28)12-16(25)13-21(24)29;/h15-22,24,28-30H,4-14H2,1-3H3,(H,27,31)(H,32,33,34);/q;+1/p-1/t15?,16-,17+,18?,19?,20?,21+,22-,24?,25?,26?;/m0./s1/i10D2,11D2;. The SMILES string of the molecule is [2H]C([2H])(NC(=O)CCC(C)C1CCC2C3C(C[C@H](O)C12C)C1(C)CC[C@@H](O)C[C@H]1C[C@H]3O)C([2H])([2H])S(=O)(=O)[O-].[Na+]. The molecule has 0 radical (unpaired) electrons. The molecule has 4 N–H and O–H groups in total. The summed E-state index contributed by atoms with van der Waals surface area (Å²) in [6.45, 7) is 2.94. The molecule has 1 amide bonds. The first kappa shape index (κ1) is 25.2. The fraction of sp³-hybridized carbons (Fsp3) is 0.962. The van der Waals surface area contributed by atoms with Gasteiger partial charge in [0.25, 0.3) is 0 Å². The summed E-state index contributed by atoms with van der Waals surface area (Å²) in [5.41, 5.74) is -4.34. The number of amides is 1. The Morgan fingerprint density at radius 3 is 2.50 bits per heavy atom. The van der Waals surface area contributed by atoms with Gasteiger partial charge >= 0.3 is 29.6 Å². The van der Waals surface area contributed by atoms with Gasteiger partial charge in [0, 0.05) is 15.7 Å². The summed E-state index contributed by atoms with van der Waals surface area (Å²) in [4.78, 5) is 12.5. The zero-order valence-corrected chi connectivity index (χ0v) is 24.8. The topological polar surface area (TPSA) is 147 Å². The minimum atomic E-state index is -5.67. The van der Waals surface area contributed by atoms with Crippen LogP contribution < -0.4 is 34.9 Å². The number of fused-ring (bicyclic) bond motifs is 5. The Labute approximate surface area is 244 Å². The van der Waals surface area contributed by atoms with Crippen molar-refractivity contribution in [3.63, 3.8) is 0 Å². The van der Waals surface area contributed by atoms with E-state index in [9.17, 15) is 33.1 Å². The van der Waals surface area contributed by atoms with Gasteiger partial charge in [-0.3, -0.25) is 4.79 Å². The van der Waals surface area contributed by atoms with Crippen LogP contribution in [0, 0.1) is 46.3 Å². The van der Waals surface area contributed by atoms with Gasteiger partial charge in [0.05, 0.1) is 36.9 Å². The van der Waals surface area contributed by atoms with Crippen molar-refractivity contribution in [3.05, 3.63) is 0 Å². The molecule has 202 valence electrons. The first-order chi connectivity index (χ1) is 17.8. The average Bonchev–Trinajstić information content (AvgIpc) is 3.16. The Kier molecular flexibility index (Phi) is 7.99. The van der Waals surface area contributed by atoms with Crippen LogP contribution in [0.1, 0.15) is 84.0 Å². The third-order valence-electron chi connectivity index (χ3n) is 10.7. The molecular formula is C26H44NNaO7S. The van der Waals surface area contributed by atoms with E-state index in [1.807, 2.05) is 6.92 Å². The molecule has 0 aromatic rings. The van der Waals surface area contributed by atoms with Crippen LogP contribution in [0.5, 0.6) is 0 Å². The normalized spacial score (nSPS) is 47.4. The van der Waals surface area contributed by atoms with E-state index in [1.54, 1.807) is 5.32 Å². The number of nitrogens with one attached hydrogen (secondary N) is 1. The van der Waals surface area contributed by atoms with Crippen LogP contribution in [0.2, 0.25) is 0 Å². The Morgan fingerprint density at radius 1 is 1.14 bits per heavy atom. The molecule has 0 aromatic heterocycles. The van der Waals surface area contributed by atoms with Gasteiger partial charge in [-0.1, -0.05) is 20.8 Å². The molecule has 0 bridgehead atoms. The van der Waals surface area contributed by atoms with Crippen molar-refractivity contribution in [2.24, 2.45) is 46.3 Å². The van der Waals surface area contributed by atoms with Gasteiger partial charge in [0.2, 0.25) is 5.91 Å². The number of rotatable bonds is 7. The minimum absolute atomic E-state index is 0. The fourth-order valence-corrected chi connectivity index (χ4v) is 9.09. The van der Waals surface area contributed by atoms with Crippen LogP contribution >= 0.6 is 0 Å². The molecule has 11 atom stereocenters. The number of aliphatic hydroxyl groups is 3. The van der Waals surface area contributed by atoms with Gasteiger partial charge < -0.3 is 25.2 Å². The smallest absolute Gasteiger partial charge is 0.748 e. The predicted octanol–water partition coefficient (Wildman–Crippen LogP) is -0.970. The number of hydrogen-bond donors (Lipinski definition) is 4. The summed E-state index contributed by atoms with van der Waals surface area (Å²) in [5, 5.41) is 35.0. The van der Waals surface area contributed by atoms with Gasteiger partial charge in [-0.15, -0.1) is 0 Å². The van der Waals surface area contributed by atoms with Crippen LogP contribution in [-0.2, 0) is 14.9 Å².